The van der Waals surface area contributed by atoms with Gasteiger partial charge in [-0.2, -0.15) is 28.3 Å². The Morgan fingerprint density at radius 1 is 0.700 bits per heavy atom. The van der Waals surface area contributed by atoms with Crippen LogP contribution in [-0.2, 0) is 41.5 Å². The summed E-state index contributed by atoms with van der Waals surface area (Å²) in [5.41, 5.74) is 21.3. The molecule has 50 heavy (non-hydrogen) atoms. The average molecular weight is 775 g/mol. The zero-order valence-electron chi connectivity index (χ0n) is 31.0. The van der Waals surface area contributed by atoms with Gasteiger partial charge >= 0.3 is 76.7 Å². The smallest absolute Gasteiger partial charge is 0.0623 e. The van der Waals surface area contributed by atoms with E-state index in [1.807, 2.05) is 0 Å². The molecule has 0 saturated carbocycles. The number of hydrogen-bond acceptors (Lipinski definition) is 0. The van der Waals surface area contributed by atoms with Gasteiger partial charge in [-0.1, -0.05) is 108 Å². The molecular formula is C47H48Cl2Zr-2. The number of halogens is 2. The predicted molar refractivity (Wildman–Crippen MR) is 204 cm³/mol. The summed E-state index contributed by atoms with van der Waals surface area (Å²) in [5.74, 6) is 0. The van der Waals surface area contributed by atoms with Crippen LogP contribution in [0.4, 0.5) is 0 Å². The summed E-state index contributed by atoms with van der Waals surface area (Å²) in [6, 6.07) is 35.4. The zero-order chi connectivity index (χ0) is 34.4. The molecular weight excluding hydrogens is 727 g/mol. The summed E-state index contributed by atoms with van der Waals surface area (Å²) >= 11 is 1.54. The van der Waals surface area contributed by atoms with Gasteiger partial charge in [-0.25, -0.2) is 11.6 Å². The van der Waals surface area contributed by atoms with Crippen molar-refractivity contribution in [2.24, 2.45) is 0 Å². The van der Waals surface area contributed by atoms with Crippen molar-refractivity contribution in [3.63, 3.8) is 0 Å². The molecule has 0 unspecified atom stereocenters. The van der Waals surface area contributed by atoms with Crippen LogP contribution >= 0.6 is 0 Å². The van der Waals surface area contributed by atoms with Gasteiger partial charge in [0.05, 0.1) is 0 Å². The van der Waals surface area contributed by atoms with E-state index in [-0.39, 0.29) is 35.6 Å². The number of rotatable bonds is 3. The Balaban J connectivity index is 0.000000190. The third kappa shape index (κ3) is 7.92. The molecule has 3 heteroatoms. The first-order valence-corrected chi connectivity index (χ1v) is 18.6. The van der Waals surface area contributed by atoms with Crippen LogP contribution in [0, 0.1) is 19.9 Å². The van der Waals surface area contributed by atoms with E-state index in [1.54, 1.807) is 3.21 Å². The molecule has 3 aliphatic carbocycles. The first-order chi connectivity index (χ1) is 22.8. The number of benzene rings is 4. The second-order valence-electron chi connectivity index (χ2n) is 14.9. The summed E-state index contributed by atoms with van der Waals surface area (Å²) in [6.45, 7) is 20.2. The molecule has 0 heterocycles. The molecule has 3 aliphatic rings. The summed E-state index contributed by atoms with van der Waals surface area (Å²) < 4.78 is 1.55. The van der Waals surface area contributed by atoms with Crippen molar-refractivity contribution < 1.29 is 49.0 Å². The third-order valence-electron chi connectivity index (χ3n) is 10.2. The number of aryl methyl sites for hydroxylation is 2. The number of hydrogen-bond donors (Lipinski definition) is 0. The second kappa shape index (κ2) is 15.7. The van der Waals surface area contributed by atoms with Crippen molar-refractivity contribution in [3.05, 3.63) is 159 Å². The zero-order valence-corrected chi connectivity index (χ0v) is 35.0. The third-order valence-corrected chi connectivity index (χ3v) is 11.8. The van der Waals surface area contributed by atoms with E-state index in [0.29, 0.717) is 0 Å². The maximum Gasteiger partial charge on any atom is -0.0623 e. The van der Waals surface area contributed by atoms with Gasteiger partial charge in [0.15, 0.2) is 0 Å². The molecule has 0 atom stereocenters. The Bertz CT molecular complexity index is 1990. The molecule has 0 fully saturated rings. The minimum atomic E-state index is 0. The Hall–Kier alpha value is -2.96. The largest absolute Gasteiger partial charge is 1.00 e. The van der Waals surface area contributed by atoms with Crippen molar-refractivity contribution in [2.75, 3.05) is 0 Å². The van der Waals surface area contributed by atoms with Gasteiger partial charge in [-0.15, -0.1) is 11.6 Å². The van der Waals surface area contributed by atoms with Gasteiger partial charge < -0.3 is 24.8 Å². The maximum atomic E-state index is 3.65. The molecule has 0 nitrogen and oxygen atoms in total. The second-order valence-corrected chi connectivity index (χ2v) is 16.4. The number of allylic oxidation sites excluding steroid dienone is 4. The maximum absolute atomic E-state index is 3.65. The molecule has 8 rings (SSSR count). The van der Waals surface area contributed by atoms with E-state index >= 15 is 0 Å². The minimum absolute atomic E-state index is 0. The Morgan fingerprint density at radius 3 is 1.82 bits per heavy atom. The van der Waals surface area contributed by atoms with Crippen LogP contribution in [0.25, 0.3) is 33.4 Å². The molecule has 0 N–H and O–H groups in total. The van der Waals surface area contributed by atoms with Gasteiger partial charge in [-0.05, 0) is 58.4 Å². The van der Waals surface area contributed by atoms with E-state index in [4.69, 9.17) is 0 Å². The Labute approximate surface area is 328 Å². The van der Waals surface area contributed by atoms with Gasteiger partial charge in [0.2, 0.25) is 0 Å². The van der Waals surface area contributed by atoms with E-state index < -0.39 is 0 Å². The van der Waals surface area contributed by atoms with Crippen molar-refractivity contribution >= 4 is 14.4 Å². The first-order valence-electron chi connectivity index (χ1n) is 17.4. The summed E-state index contributed by atoms with van der Waals surface area (Å²) in [4.78, 5) is 0. The van der Waals surface area contributed by atoms with E-state index in [9.17, 15) is 0 Å². The molecule has 0 aromatic heterocycles. The molecule has 5 aromatic carbocycles. The van der Waals surface area contributed by atoms with Crippen LogP contribution in [0.1, 0.15) is 105 Å². The van der Waals surface area contributed by atoms with Crippen LogP contribution in [0.15, 0.2) is 103 Å². The SMILES string of the molecule is CC1=[C-]C(C)(C)c2cc3c(cc21)-c1cc2c(cc1C3)C(C)(C)C=C2C.CC[C](=[Zr+2])c1ccccc1.Cc1cc(-c2ccccc2)c(C)[cH-]1.[Cl-].[Cl-]. The molecule has 0 radical (unpaired) electrons. The average Bonchev–Trinajstić information content (AvgIpc) is 3.74. The monoisotopic (exact) mass is 772 g/mol. The summed E-state index contributed by atoms with van der Waals surface area (Å²) in [6.07, 6.45) is 8.32. The molecule has 256 valence electrons. The van der Waals surface area contributed by atoms with Crippen LogP contribution < -0.4 is 24.8 Å². The predicted octanol–water partition coefficient (Wildman–Crippen LogP) is 6.31. The molecule has 0 bridgehead atoms. The van der Waals surface area contributed by atoms with Gasteiger partial charge in [0.25, 0.3) is 0 Å². The quantitative estimate of drug-likeness (QED) is 0.185. The molecule has 0 spiro atoms. The van der Waals surface area contributed by atoms with Crippen molar-refractivity contribution in [3.8, 4) is 22.3 Å². The van der Waals surface area contributed by atoms with E-state index in [2.05, 4.69) is 172 Å². The van der Waals surface area contributed by atoms with Crippen LogP contribution in [0.2, 0.25) is 0 Å². The Morgan fingerprint density at radius 2 is 1.26 bits per heavy atom. The van der Waals surface area contributed by atoms with Crippen molar-refractivity contribution in [2.45, 2.75) is 86.0 Å². The van der Waals surface area contributed by atoms with Gasteiger partial charge in [-0.3, -0.25) is 6.08 Å². The van der Waals surface area contributed by atoms with Crippen molar-refractivity contribution in [1.29, 1.82) is 0 Å². The molecule has 0 aliphatic heterocycles. The fraction of sp³-hybridized carbons (Fsp3) is 0.277. The molecule has 0 saturated heterocycles. The summed E-state index contributed by atoms with van der Waals surface area (Å²) in [7, 11) is 0. The van der Waals surface area contributed by atoms with Crippen molar-refractivity contribution in [1.82, 2.24) is 0 Å². The fourth-order valence-corrected chi connectivity index (χ4v) is 8.26. The normalized spacial score (nSPS) is 14.9. The Kier molecular flexibility index (Phi) is 12.5. The molecule has 0 amide bonds. The van der Waals surface area contributed by atoms with Crippen LogP contribution in [0.5, 0.6) is 0 Å². The van der Waals surface area contributed by atoms with Crippen LogP contribution in [0.3, 0.4) is 0 Å². The van der Waals surface area contributed by atoms with Gasteiger partial charge in [0.1, 0.15) is 0 Å². The standard InChI is InChI=1S/C25H25.C13H13.C9H10.2ClH.Zr/c1-14-12-24(3,4)22-8-16-7-17-9-23-19(15(2)13-25(23,5)6)11-21(17)20(16)10-18(14)22;1-10-8-11(2)13(9-10)12-6-4-3-5-7-12;1-2-6-9-7-4-3-5-8-9;;;/h8-12H,7H2,1-6H3;3-9H,1-2H3;3-5,7-8H,2H2,1H3;2*1H;/q2*-1;;;;+2/p-2. The topological polar surface area (TPSA) is 0 Å². The van der Waals surface area contributed by atoms with E-state index in [1.165, 1.54) is 114 Å². The van der Waals surface area contributed by atoms with E-state index in [0.717, 1.165) is 6.42 Å². The summed E-state index contributed by atoms with van der Waals surface area (Å²) in [5, 5.41) is 0. The van der Waals surface area contributed by atoms with Crippen LogP contribution in [-0.4, -0.2) is 3.21 Å². The minimum Gasteiger partial charge on any atom is -1.00 e. The fourth-order valence-electron chi connectivity index (χ4n) is 7.85. The van der Waals surface area contributed by atoms with Gasteiger partial charge in [0, 0.05) is 5.41 Å². The number of fused-ring (bicyclic) bond motifs is 5. The molecule has 5 aromatic rings. The first kappa shape index (κ1) is 39.8.